The predicted octanol–water partition coefficient (Wildman–Crippen LogP) is 0.690. The maximum absolute atomic E-state index is 11.3. The molecular weight excluding hydrogens is 202 g/mol. The van der Waals surface area contributed by atoms with E-state index >= 15 is 0 Å². The van der Waals surface area contributed by atoms with Crippen LogP contribution in [0.5, 0.6) is 0 Å². The Morgan fingerprint density at radius 2 is 1.88 bits per heavy atom. The molecule has 0 fully saturated rings. The maximum Gasteiger partial charge on any atom is 0.233 e. The summed E-state index contributed by atoms with van der Waals surface area (Å²) in [7, 11) is 0. The molecule has 0 spiro atoms. The largest absolute Gasteiger partial charge is 0.355 e. The molecule has 2 N–H and O–H groups in total. The highest BCUT2D eigenvalue weighted by atomic mass is 16.1. The molecule has 0 aromatic rings. The van der Waals surface area contributed by atoms with Gasteiger partial charge in [-0.2, -0.15) is 0 Å². The molecule has 96 valence electrons. The van der Waals surface area contributed by atoms with Crippen molar-refractivity contribution in [2.45, 2.75) is 27.7 Å². The van der Waals surface area contributed by atoms with Gasteiger partial charge in [-0.3, -0.25) is 4.79 Å². The lowest BCUT2D eigenvalue weighted by atomic mass is 10.2. The van der Waals surface area contributed by atoms with Gasteiger partial charge in [-0.25, -0.2) is 0 Å². The molecule has 0 heterocycles. The number of carbonyl (C=O) groups excluding carboxylic acids is 1. The Labute approximate surface area is 99.8 Å². The molecule has 0 aliphatic rings. The van der Waals surface area contributed by atoms with E-state index in [0.717, 1.165) is 32.7 Å². The summed E-state index contributed by atoms with van der Waals surface area (Å²) in [5.41, 5.74) is 0. The number of nitrogens with zero attached hydrogens (tertiary/aromatic N) is 1. The summed E-state index contributed by atoms with van der Waals surface area (Å²) >= 11 is 0. The van der Waals surface area contributed by atoms with Crippen molar-refractivity contribution in [2.24, 2.45) is 5.92 Å². The third-order valence-electron chi connectivity index (χ3n) is 2.49. The summed E-state index contributed by atoms with van der Waals surface area (Å²) < 4.78 is 0. The van der Waals surface area contributed by atoms with E-state index in [1.807, 2.05) is 0 Å². The van der Waals surface area contributed by atoms with E-state index in [-0.39, 0.29) is 5.91 Å². The van der Waals surface area contributed by atoms with Gasteiger partial charge in [0.15, 0.2) is 0 Å². The van der Waals surface area contributed by atoms with Gasteiger partial charge in [0.05, 0.1) is 6.54 Å². The van der Waals surface area contributed by atoms with E-state index in [9.17, 15) is 4.79 Å². The minimum absolute atomic E-state index is 0.0910. The quantitative estimate of drug-likeness (QED) is 0.572. The zero-order valence-electron chi connectivity index (χ0n) is 11.2. The van der Waals surface area contributed by atoms with Crippen molar-refractivity contribution < 1.29 is 4.79 Å². The minimum Gasteiger partial charge on any atom is -0.355 e. The van der Waals surface area contributed by atoms with Gasteiger partial charge in [-0.15, -0.1) is 0 Å². The van der Waals surface area contributed by atoms with Gasteiger partial charge in [0, 0.05) is 19.6 Å². The molecule has 4 heteroatoms. The highest BCUT2D eigenvalue weighted by Crippen LogP contribution is 1.86. The smallest absolute Gasteiger partial charge is 0.233 e. The number of rotatable bonds is 9. The van der Waals surface area contributed by atoms with Crippen LogP contribution in [0.3, 0.4) is 0 Å². The van der Waals surface area contributed by atoms with Crippen LogP contribution in [0.4, 0.5) is 0 Å². The number of likely N-dealkylation sites (N-methyl/N-ethyl adjacent to an activating group) is 1. The Hall–Kier alpha value is -0.610. The summed E-state index contributed by atoms with van der Waals surface area (Å²) in [6, 6.07) is 0. The number of hydrogen-bond donors (Lipinski definition) is 2. The number of nitrogens with one attached hydrogen (secondary N) is 2. The molecule has 0 atom stereocenters. The van der Waals surface area contributed by atoms with Gasteiger partial charge in [0.1, 0.15) is 0 Å². The van der Waals surface area contributed by atoms with E-state index in [4.69, 9.17) is 0 Å². The van der Waals surface area contributed by atoms with Crippen LogP contribution in [0.2, 0.25) is 0 Å². The second-order valence-corrected chi connectivity index (χ2v) is 4.40. The standard InChI is InChI=1S/C12H27N3O/c1-5-15(6-2)8-7-13-10-12(16)14-9-11(3)4/h11,13H,5-10H2,1-4H3,(H,14,16). The second kappa shape index (κ2) is 9.60. The monoisotopic (exact) mass is 229 g/mol. The molecule has 0 aliphatic heterocycles. The van der Waals surface area contributed by atoms with Gasteiger partial charge < -0.3 is 15.5 Å². The van der Waals surface area contributed by atoms with E-state index in [2.05, 4.69) is 43.2 Å². The number of amides is 1. The zero-order valence-corrected chi connectivity index (χ0v) is 11.2. The normalized spacial score (nSPS) is 11.1. The van der Waals surface area contributed by atoms with E-state index in [1.165, 1.54) is 0 Å². The Kier molecular flexibility index (Phi) is 9.24. The molecule has 0 rings (SSSR count). The van der Waals surface area contributed by atoms with E-state index < -0.39 is 0 Å². The molecule has 0 saturated heterocycles. The maximum atomic E-state index is 11.3. The van der Waals surface area contributed by atoms with Crippen molar-refractivity contribution in [1.29, 1.82) is 0 Å². The van der Waals surface area contributed by atoms with E-state index in [1.54, 1.807) is 0 Å². The molecular formula is C12H27N3O. The molecule has 1 amide bonds. The first-order valence-electron chi connectivity index (χ1n) is 6.29. The van der Waals surface area contributed by atoms with Crippen LogP contribution >= 0.6 is 0 Å². The summed E-state index contributed by atoms with van der Waals surface area (Å²) in [6.45, 7) is 13.7. The van der Waals surface area contributed by atoms with Gasteiger partial charge in [0.2, 0.25) is 5.91 Å². The molecule has 0 bridgehead atoms. The summed E-state index contributed by atoms with van der Waals surface area (Å²) in [5.74, 6) is 0.605. The van der Waals surface area contributed by atoms with Gasteiger partial charge in [-0.1, -0.05) is 27.7 Å². The van der Waals surface area contributed by atoms with Gasteiger partial charge in [-0.05, 0) is 19.0 Å². The lowest BCUT2D eigenvalue weighted by Gasteiger charge is -2.17. The number of carbonyl (C=O) groups is 1. The SMILES string of the molecule is CCN(CC)CCNCC(=O)NCC(C)C. The van der Waals surface area contributed by atoms with Gasteiger partial charge in [0.25, 0.3) is 0 Å². The lowest BCUT2D eigenvalue weighted by molar-refractivity contribution is -0.120. The average Bonchev–Trinajstić information content (AvgIpc) is 2.26. The Balaban J connectivity index is 3.40. The fourth-order valence-electron chi connectivity index (χ4n) is 1.36. The lowest BCUT2D eigenvalue weighted by Crippen LogP contribution is -2.39. The van der Waals surface area contributed by atoms with Crippen molar-refractivity contribution in [3.63, 3.8) is 0 Å². The molecule has 16 heavy (non-hydrogen) atoms. The Bertz CT molecular complexity index is 179. The molecule has 0 aromatic carbocycles. The first kappa shape index (κ1) is 15.4. The Morgan fingerprint density at radius 1 is 1.25 bits per heavy atom. The van der Waals surface area contributed by atoms with Crippen molar-refractivity contribution >= 4 is 5.91 Å². The van der Waals surface area contributed by atoms with Crippen LogP contribution in [0, 0.1) is 5.92 Å². The molecule has 0 unspecified atom stereocenters. The van der Waals surface area contributed by atoms with Crippen molar-refractivity contribution in [1.82, 2.24) is 15.5 Å². The third kappa shape index (κ3) is 8.68. The topological polar surface area (TPSA) is 44.4 Å². The fraction of sp³-hybridized carbons (Fsp3) is 0.917. The molecule has 4 nitrogen and oxygen atoms in total. The van der Waals surface area contributed by atoms with Crippen molar-refractivity contribution in [3.8, 4) is 0 Å². The van der Waals surface area contributed by atoms with Crippen LogP contribution in [0.1, 0.15) is 27.7 Å². The van der Waals surface area contributed by atoms with Crippen LogP contribution in [-0.4, -0.2) is 50.1 Å². The summed E-state index contributed by atoms with van der Waals surface area (Å²) in [5, 5.41) is 6.04. The first-order valence-corrected chi connectivity index (χ1v) is 6.29. The molecule has 0 aliphatic carbocycles. The molecule has 0 aromatic heterocycles. The highest BCUT2D eigenvalue weighted by Gasteiger charge is 2.02. The highest BCUT2D eigenvalue weighted by molar-refractivity contribution is 5.77. The Morgan fingerprint density at radius 3 is 2.38 bits per heavy atom. The van der Waals surface area contributed by atoms with Crippen LogP contribution in [-0.2, 0) is 4.79 Å². The average molecular weight is 229 g/mol. The number of hydrogen-bond acceptors (Lipinski definition) is 3. The van der Waals surface area contributed by atoms with E-state index in [0.29, 0.717) is 12.5 Å². The fourth-order valence-corrected chi connectivity index (χ4v) is 1.36. The summed E-state index contributed by atoms with van der Waals surface area (Å²) in [4.78, 5) is 13.7. The van der Waals surface area contributed by atoms with Crippen LogP contribution in [0.25, 0.3) is 0 Å². The molecule has 0 saturated carbocycles. The predicted molar refractivity (Wildman–Crippen MR) is 68.5 cm³/mol. The van der Waals surface area contributed by atoms with Crippen LogP contribution in [0.15, 0.2) is 0 Å². The summed E-state index contributed by atoms with van der Waals surface area (Å²) in [6.07, 6.45) is 0. The van der Waals surface area contributed by atoms with Crippen LogP contribution < -0.4 is 10.6 Å². The van der Waals surface area contributed by atoms with Crippen molar-refractivity contribution in [2.75, 3.05) is 39.3 Å². The second-order valence-electron chi connectivity index (χ2n) is 4.40. The zero-order chi connectivity index (χ0) is 12.4. The first-order chi connectivity index (χ1) is 7.60. The van der Waals surface area contributed by atoms with Crippen molar-refractivity contribution in [3.05, 3.63) is 0 Å². The molecule has 0 radical (unpaired) electrons. The third-order valence-corrected chi connectivity index (χ3v) is 2.49. The minimum atomic E-state index is 0.0910. The van der Waals surface area contributed by atoms with Gasteiger partial charge >= 0.3 is 0 Å².